The van der Waals surface area contributed by atoms with E-state index in [0.29, 0.717) is 47.1 Å². The number of aliphatic hydroxyl groups excluding tert-OH is 1. The minimum absolute atomic E-state index is 0.0105. The lowest BCUT2D eigenvalue weighted by molar-refractivity contribution is -0.140. The highest BCUT2D eigenvalue weighted by Crippen LogP contribution is 2.40. The Balaban J connectivity index is 1.66. The molecule has 8 nitrogen and oxygen atoms in total. The largest absolute Gasteiger partial charge is 0.507 e. The number of amides is 1. The first-order valence-electron chi connectivity index (χ1n) is 13.0. The number of benzene rings is 2. The summed E-state index contributed by atoms with van der Waals surface area (Å²) in [4.78, 5) is 44.3. The van der Waals surface area contributed by atoms with Crippen molar-refractivity contribution in [2.24, 2.45) is 5.92 Å². The highest BCUT2D eigenvalue weighted by Gasteiger charge is 2.46. The second-order valence-electron chi connectivity index (χ2n) is 9.78. The first-order valence-corrected chi connectivity index (χ1v) is 13.0. The van der Waals surface area contributed by atoms with Crippen LogP contribution in [0, 0.1) is 5.92 Å². The van der Waals surface area contributed by atoms with Gasteiger partial charge in [-0.25, -0.2) is 4.79 Å². The molecule has 1 aliphatic rings. The molecule has 1 amide bonds. The molecule has 8 heteroatoms. The number of carbonyl (C=O) groups is 3. The number of ketones is 1. The van der Waals surface area contributed by atoms with Crippen molar-refractivity contribution in [3.05, 3.63) is 101 Å². The van der Waals surface area contributed by atoms with E-state index in [9.17, 15) is 19.5 Å². The van der Waals surface area contributed by atoms with Crippen LogP contribution >= 0.6 is 0 Å². The first kappa shape index (κ1) is 27.6. The number of aromatic nitrogens is 1. The molecule has 0 saturated carbocycles. The topological polar surface area (TPSA) is 106 Å². The van der Waals surface area contributed by atoms with E-state index in [4.69, 9.17) is 9.47 Å². The van der Waals surface area contributed by atoms with Gasteiger partial charge in [-0.05, 0) is 65.9 Å². The molecule has 1 unspecified atom stereocenters. The van der Waals surface area contributed by atoms with Crippen LogP contribution < -0.4 is 4.74 Å². The molecule has 1 atom stereocenters. The van der Waals surface area contributed by atoms with Crippen molar-refractivity contribution in [3.8, 4) is 5.75 Å². The van der Waals surface area contributed by atoms with Crippen LogP contribution in [0.3, 0.4) is 0 Å². The summed E-state index contributed by atoms with van der Waals surface area (Å²) in [7, 11) is 0. The average molecular weight is 529 g/mol. The molecule has 0 spiro atoms. The molecule has 1 aromatic heterocycles. The number of hydrogen-bond donors (Lipinski definition) is 1. The predicted octanol–water partition coefficient (Wildman–Crippen LogP) is 5.31. The number of aliphatic hydroxyl groups is 1. The Labute approximate surface area is 227 Å². The van der Waals surface area contributed by atoms with Gasteiger partial charge in [0.2, 0.25) is 0 Å². The molecule has 202 valence electrons. The average Bonchev–Trinajstić information content (AvgIpc) is 3.20. The number of ether oxygens (including phenoxy) is 2. The van der Waals surface area contributed by atoms with Crippen molar-refractivity contribution in [1.82, 2.24) is 9.88 Å². The van der Waals surface area contributed by atoms with E-state index in [0.717, 1.165) is 6.42 Å². The lowest BCUT2D eigenvalue weighted by Crippen LogP contribution is -2.29. The fraction of sp³-hybridized carbons (Fsp3) is 0.290. The molecule has 0 bridgehead atoms. The number of carbonyl (C=O) groups excluding carboxylic acids is 3. The van der Waals surface area contributed by atoms with Gasteiger partial charge in [0.15, 0.2) is 0 Å². The van der Waals surface area contributed by atoms with Crippen LogP contribution in [-0.4, -0.2) is 45.9 Å². The summed E-state index contributed by atoms with van der Waals surface area (Å²) in [6.45, 7) is 7.00. The summed E-state index contributed by atoms with van der Waals surface area (Å²) < 4.78 is 10.9. The number of esters is 1. The molecule has 0 aliphatic carbocycles. The van der Waals surface area contributed by atoms with E-state index >= 15 is 0 Å². The Kier molecular flexibility index (Phi) is 8.76. The molecule has 2 aromatic carbocycles. The van der Waals surface area contributed by atoms with Gasteiger partial charge >= 0.3 is 5.97 Å². The van der Waals surface area contributed by atoms with Crippen LogP contribution in [0.4, 0.5) is 0 Å². The fourth-order valence-electron chi connectivity index (χ4n) is 4.28. The van der Waals surface area contributed by atoms with Gasteiger partial charge < -0.3 is 19.5 Å². The number of Topliss-reactive ketones (excluding diaryl/α,β-unsaturated/α-hetero) is 1. The van der Waals surface area contributed by atoms with Gasteiger partial charge in [-0.2, -0.15) is 0 Å². The van der Waals surface area contributed by atoms with Crippen LogP contribution in [0.15, 0.2) is 78.6 Å². The Morgan fingerprint density at radius 2 is 1.72 bits per heavy atom. The van der Waals surface area contributed by atoms with Crippen LogP contribution in [-0.2, 0) is 20.9 Å². The molecular formula is C31H32N2O6. The first-order chi connectivity index (χ1) is 18.8. The van der Waals surface area contributed by atoms with Gasteiger partial charge in [0.25, 0.3) is 11.7 Å². The number of nitrogens with zero attached hydrogens (tertiary/aromatic N) is 2. The number of pyridine rings is 1. The summed E-state index contributed by atoms with van der Waals surface area (Å²) in [5, 5.41) is 11.3. The third kappa shape index (κ3) is 6.34. The zero-order valence-electron chi connectivity index (χ0n) is 22.3. The summed E-state index contributed by atoms with van der Waals surface area (Å²) in [6.07, 6.45) is 3.90. The third-order valence-corrected chi connectivity index (χ3v) is 6.23. The zero-order valence-corrected chi connectivity index (χ0v) is 22.3. The van der Waals surface area contributed by atoms with E-state index in [1.54, 1.807) is 73.1 Å². The number of rotatable bonds is 10. The quantitative estimate of drug-likeness (QED) is 0.165. The molecule has 1 aliphatic heterocycles. The van der Waals surface area contributed by atoms with E-state index in [2.05, 4.69) is 4.98 Å². The maximum absolute atomic E-state index is 13.3. The molecule has 39 heavy (non-hydrogen) atoms. The van der Waals surface area contributed by atoms with E-state index in [1.165, 1.54) is 4.90 Å². The van der Waals surface area contributed by atoms with E-state index in [-0.39, 0.29) is 17.9 Å². The molecule has 3 aromatic rings. The number of hydrogen-bond acceptors (Lipinski definition) is 7. The van der Waals surface area contributed by atoms with Crippen LogP contribution in [0.1, 0.15) is 60.3 Å². The lowest BCUT2D eigenvalue weighted by atomic mass is 9.96. The van der Waals surface area contributed by atoms with Crippen LogP contribution in [0.25, 0.3) is 5.76 Å². The van der Waals surface area contributed by atoms with Gasteiger partial charge in [-0.1, -0.05) is 39.0 Å². The summed E-state index contributed by atoms with van der Waals surface area (Å²) in [6, 6.07) is 16.1. The van der Waals surface area contributed by atoms with Gasteiger partial charge in [0.05, 0.1) is 30.4 Å². The van der Waals surface area contributed by atoms with Crippen molar-refractivity contribution >= 4 is 23.4 Å². The molecule has 1 fully saturated rings. The minimum atomic E-state index is -0.843. The smallest absolute Gasteiger partial charge is 0.338 e. The second-order valence-corrected chi connectivity index (χ2v) is 9.78. The Morgan fingerprint density at radius 1 is 1.03 bits per heavy atom. The highest BCUT2D eigenvalue weighted by atomic mass is 16.5. The SMILES string of the molecule is CCCOC(=O)c1ccc(CN2C(=O)C(=O)/C(=C(/O)c3ccc(OCC(C)C)cc3)C2c2cccnc2)cc1. The lowest BCUT2D eigenvalue weighted by Gasteiger charge is -2.25. The minimum Gasteiger partial charge on any atom is -0.507 e. The summed E-state index contributed by atoms with van der Waals surface area (Å²) in [5.74, 6) is -1.19. The maximum Gasteiger partial charge on any atom is 0.338 e. The van der Waals surface area contributed by atoms with Crippen LogP contribution in [0.5, 0.6) is 5.75 Å². The van der Waals surface area contributed by atoms with Crippen molar-refractivity contribution in [2.45, 2.75) is 39.8 Å². The van der Waals surface area contributed by atoms with Gasteiger partial charge in [0, 0.05) is 24.5 Å². The molecule has 4 rings (SSSR count). The number of likely N-dealkylation sites (tertiary alicyclic amines) is 1. The van der Waals surface area contributed by atoms with Gasteiger partial charge in [-0.15, -0.1) is 0 Å². The Hall–Kier alpha value is -4.46. The molecule has 1 N–H and O–H groups in total. The van der Waals surface area contributed by atoms with Crippen molar-refractivity contribution in [1.29, 1.82) is 0 Å². The van der Waals surface area contributed by atoms with Gasteiger partial charge in [0.1, 0.15) is 11.5 Å². The molecule has 0 radical (unpaired) electrons. The third-order valence-electron chi connectivity index (χ3n) is 6.23. The van der Waals surface area contributed by atoms with E-state index < -0.39 is 23.7 Å². The molecular weight excluding hydrogens is 496 g/mol. The Morgan fingerprint density at radius 3 is 2.33 bits per heavy atom. The van der Waals surface area contributed by atoms with Crippen molar-refractivity contribution in [3.63, 3.8) is 0 Å². The summed E-state index contributed by atoms with van der Waals surface area (Å²) >= 11 is 0. The van der Waals surface area contributed by atoms with Crippen LogP contribution in [0.2, 0.25) is 0 Å². The fourth-order valence-corrected chi connectivity index (χ4v) is 4.28. The zero-order chi connectivity index (χ0) is 27.9. The standard InChI is InChI=1S/C31H32N2O6/c1-4-16-38-31(37)23-9-7-21(8-10-23)18-33-27(24-6-5-15-32-17-24)26(29(35)30(33)36)28(34)22-11-13-25(14-12-22)39-19-20(2)3/h5-15,17,20,27,34H,4,16,18-19H2,1-3H3/b28-26+. The maximum atomic E-state index is 13.3. The van der Waals surface area contributed by atoms with Crippen molar-refractivity contribution < 1.29 is 29.0 Å². The summed E-state index contributed by atoms with van der Waals surface area (Å²) in [5.41, 5.74) is 2.09. The molecule has 1 saturated heterocycles. The Bertz CT molecular complexity index is 1350. The van der Waals surface area contributed by atoms with Gasteiger partial charge in [-0.3, -0.25) is 14.6 Å². The van der Waals surface area contributed by atoms with Crippen molar-refractivity contribution in [2.75, 3.05) is 13.2 Å². The predicted molar refractivity (Wildman–Crippen MR) is 146 cm³/mol. The monoisotopic (exact) mass is 528 g/mol. The molecule has 2 heterocycles. The second kappa shape index (κ2) is 12.4. The normalized spacial score (nSPS) is 16.5. The van der Waals surface area contributed by atoms with E-state index in [1.807, 2.05) is 20.8 Å². The highest BCUT2D eigenvalue weighted by molar-refractivity contribution is 6.46.